The molecule has 0 saturated heterocycles. The van der Waals surface area contributed by atoms with Gasteiger partial charge in [-0.15, -0.1) is 0 Å². The zero-order valence-electron chi connectivity index (χ0n) is 7.33. The molecule has 0 aliphatic carbocycles. The number of hydrogen-bond acceptors (Lipinski definition) is 1. The van der Waals surface area contributed by atoms with Crippen molar-refractivity contribution in [1.29, 1.82) is 0 Å². The van der Waals surface area contributed by atoms with Crippen LogP contribution in [0.25, 0.3) is 0 Å². The number of nitrogens with two attached hydrogens (primary N) is 1. The first-order valence-electron chi connectivity index (χ1n) is 4.17. The molecule has 0 aliphatic heterocycles. The molecule has 1 unspecified atom stereocenters. The van der Waals surface area contributed by atoms with Crippen molar-refractivity contribution in [2.24, 2.45) is 5.92 Å². The molecular weight excluding hydrogens is 262 g/mol. The van der Waals surface area contributed by atoms with E-state index in [4.69, 9.17) is 5.73 Å². The van der Waals surface area contributed by atoms with Gasteiger partial charge in [0.25, 0.3) is 0 Å². The number of anilines is 1. The van der Waals surface area contributed by atoms with Crippen LogP contribution in [0.5, 0.6) is 0 Å². The summed E-state index contributed by atoms with van der Waals surface area (Å²) in [6.07, 6.45) is 1.18. The van der Waals surface area contributed by atoms with Gasteiger partial charge in [0.15, 0.2) is 0 Å². The van der Waals surface area contributed by atoms with Crippen LogP contribution in [0.15, 0.2) is 24.3 Å². The predicted octanol–water partition coefficient (Wildman–Crippen LogP) is 1.77. The normalized spacial score (nSPS) is 12.8. The SMILES string of the molecule is CC(C[TeH])Cc1ccc(N)cc1. The maximum absolute atomic E-state index is 5.59. The molecular formula is C10H15NTe. The summed E-state index contributed by atoms with van der Waals surface area (Å²) in [5, 5.41) is 0. The molecule has 1 aromatic carbocycles. The number of rotatable bonds is 3. The molecule has 0 aromatic heterocycles. The minimum absolute atomic E-state index is 0.794. The Hall–Kier alpha value is -0.190. The van der Waals surface area contributed by atoms with Crippen molar-refractivity contribution in [3.8, 4) is 0 Å². The van der Waals surface area contributed by atoms with E-state index in [9.17, 15) is 0 Å². The average molecular weight is 277 g/mol. The minimum atomic E-state index is 0.794. The van der Waals surface area contributed by atoms with Crippen molar-refractivity contribution in [2.75, 3.05) is 5.73 Å². The first-order valence-corrected chi connectivity index (χ1v) is 5.98. The topological polar surface area (TPSA) is 26.0 Å². The average Bonchev–Trinajstić information content (AvgIpc) is 2.09. The van der Waals surface area contributed by atoms with Crippen LogP contribution in [0.1, 0.15) is 12.5 Å². The van der Waals surface area contributed by atoms with Crippen molar-refractivity contribution in [3.05, 3.63) is 29.8 Å². The molecule has 66 valence electrons. The Morgan fingerprint density at radius 1 is 1.33 bits per heavy atom. The Balaban J connectivity index is 2.58. The van der Waals surface area contributed by atoms with Gasteiger partial charge in [-0.05, 0) is 0 Å². The van der Waals surface area contributed by atoms with Gasteiger partial charge >= 0.3 is 87.3 Å². The summed E-state index contributed by atoms with van der Waals surface area (Å²) in [5.74, 6) is 0.794. The van der Waals surface area contributed by atoms with Crippen molar-refractivity contribution in [2.45, 2.75) is 17.8 Å². The summed E-state index contributed by atoms with van der Waals surface area (Å²) in [6.45, 7) is 2.29. The number of benzene rings is 1. The van der Waals surface area contributed by atoms with Crippen LogP contribution in [0, 0.1) is 5.92 Å². The van der Waals surface area contributed by atoms with Crippen molar-refractivity contribution >= 4 is 28.0 Å². The first-order chi connectivity index (χ1) is 5.72. The molecule has 0 saturated carbocycles. The van der Waals surface area contributed by atoms with E-state index in [1.807, 2.05) is 34.4 Å². The molecule has 0 aliphatic rings. The standard InChI is InChI=1S/C10H15NTe/c1-8(7-12)6-9-2-4-10(11)5-3-9/h2-5,8,12H,6-7,11H2,1H3. The predicted molar refractivity (Wildman–Crippen MR) is 55.7 cm³/mol. The summed E-state index contributed by atoms with van der Waals surface area (Å²) in [4.78, 5) is 0. The van der Waals surface area contributed by atoms with Crippen LogP contribution in [-0.4, -0.2) is 22.3 Å². The molecule has 1 aromatic rings. The second-order valence-electron chi connectivity index (χ2n) is 3.23. The number of hydrogen-bond donors (Lipinski definition) is 1. The zero-order valence-corrected chi connectivity index (χ0v) is 9.88. The molecule has 1 rings (SSSR count). The first kappa shape index (κ1) is 9.89. The van der Waals surface area contributed by atoms with Gasteiger partial charge in [-0.1, -0.05) is 0 Å². The molecule has 0 spiro atoms. The molecule has 0 fully saturated rings. The van der Waals surface area contributed by atoms with Crippen LogP contribution in [-0.2, 0) is 6.42 Å². The third-order valence-corrected chi connectivity index (χ3v) is 3.65. The second kappa shape index (κ2) is 4.74. The van der Waals surface area contributed by atoms with E-state index in [0.29, 0.717) is 0 Å². The van der Waals surface area contributed by atoms with Gasteiger partial charge in [-0.3, -0.25) is 0 Å². The van der Waals surface area contributed by atoms with Crippen LogP contribution in [0.4, 0.5) is 5.69 Å². The second-order valence-corrected chi connectivity index (χ2v) is 4.28. The molecule has 0 bridgehead atoms. The monoisotopic (exact) mass is 279 g/mol. The van der Waals surface area contributed by atoms with E-state index in [0.717, 1.165) is 11.6 Å². The molecule has 0 radical (unpaired) electrons. The van der Waals surface area contributed by atoms with E-state index >= 15 is 0 Å². The van der Waals surface area contributed by atoms with E-state index < -0.39 is 0 Å². The zero-order chi connectivity index (χ0) is 8.97. The van der Waals surface area contributed by atoms with Crippen LogP contribution < -0.4 is 5.73 Å². The third-order valence-electron chi connectivity index (χ3n) is 1.88. The molecule has 1 atom stereocenters. The summed E-state index contributed by atoms with van der Waals surface area (Å²) in [6, 6.07) is 8.18. The summed E-state index contributed by atoms with van der Waals surface area (Å²) < 4.78 is 1.29. The quantitative estimate of drug-likeness (QED) is 0.661. The van der Waals surface area contributed by atoms with Gasteiger partial charge in [0.05, 0.1) is 0 Å². The maximum atomic E-state index is 5.59. The van der Waals surface area contributed by atoms with Gasteiger partial charge in [0.2, 0.25) is 0 Å². The number of nitrogen functional groups attached to an aromatic ring is 1. The van der Waals surface area contributed by atoms with Gasteiger partial charge in [0, 0.05) is 0 Å². The summed E-state index contributed by atoms with van der Waals surface area (Å²) in [7, 11) is 0. The molecule has 2 heteroatoms. The Morgan fingerprint density at radius 2 is 1.92 bits per heavy atom. The Bertz CT molecular complexity index is 230. The van der Waals surface area contributed by atoms with Gasteiger partial charge in [0.1, 0.15) is 0 Å². The van der Waals surface area contributed by atoms with E-state index in [1.165, 1.54) is 16.5 Å². The van der Waals surface area contributed by atoms with E-state index in [1.54, 1.807) is 0 Å². The van der Waals surface area contributed by atoms with Gasteiger partial charge in [-0.2, -0.15) is 0 Å². The Labute approximate surface area is 87.3 Å². The molecule has 0 heterocycles. The van der Waals surface area contributed by atoms with E-state index in [-0.39, 0.29) is 0 Å². The van der Waals surface area contributed by atoms with Crippen molar-refractivity contribution in [1.82, 2.24) is 0 Å². The molecule has 0 amide bonds. The Morgan fingerprint density at radius 3 is 2.42 bits per heavy atom. The third kappa shape index (κ3) is 3.05. The van der Waals surface area contributed by atoms with Crippen molar-refractivity contribution in [3.63, 3.8) is 0 Å². The van der Waals surface area contributed by atoms with Crippen LogP contribution in [0.3, 0.4) is 0 Å². The van der Waals surface area contributed by atoms with Crippen LogP contribution >= 0.6 is 0 Å². The molecule has 12 heavy (non-hydrogen) atoms. The molecule has 1 nitrogen and oxygen atoms in total. The summed E-state index contributed by atoms with van der Waals surface area (Å²) >= 11 is 1.89. The summed E-state index contributed by atoms with van der Waals surface area (Å²) in [5.41, 5.74) is 7.84. The fraction of sp³-hybridized carbons (Fsp3) is 0.400. The fourth-order valence-electron chi connectivity index (χ4n) is 1.12. The van der Waals surface area contributed by atoms with Gasteiger partial charge in [-0.25, -0.2) is 0 Å². The van der Waals surface area contributed by atoms with Crippen molar-refractivity contribution < 1.29 is 0 Å². The molecule has 2 N–H and O–H groups in total. The van der Waals surface area contributed by atoms with E-state index in [2.05, 4.69) is 19.1 Å². The Kier molecular flexibility index (Phi) is 3.91. The van der Waals surface area contributed by atoms with Crippen LogP contribution in [0.2, 0.25) is 4.47 Å². The fourth-order valence-corrected chi connectivity index (χ4v) is 1.49. The van der Waals surface area contributed by atoms with Gasteiger partial charge < -0.3 is 0 Å².